The molecular weight excluding hydrogens is 352 g/mol. The third-order valence-electron chi connectivity index (χ3n) is 5.55. The summed E-state index contributed by atoms with van der Waals surface area (Å²) in [7, 11) is 1.29. The van der Waals surface area contributed by atoms with Gasteiger partial charge in [0.25, 0.3) is 0 Å². The second kappa shape index (κ2) is 6.65. The number of alkyl carbamates (subject to hydrolysis) is 1. The van der Waals surface area contributed by atoms with Gasteiger partial charge in [0.2, 0.25) is 5.91 Å². The van der Waals surface area contributed by atoms with E-state index in [4.69, 9.17) is 9.47 Å². The molecule has 2 fully saturated rings. The van der Waals surface area contributed by atoms with Crippen LogP contribution in [0.5, 0.6) is 0 Å². The van der Waals surface area contributed by atoms with Crippen molar-refractivity contribution in [3.05, 3.63) is 0 Å². The Morgan fingerprint density at radius 2 is 1.74 bits per heavy atom. The highest BCUT2D eigenvalue weighted by Crippen LogP contribution is 2.65. The van der Waals surface area contributed by atoms with Crippen LogP contribution in [0.25, 0.3) is 0 Å². The third-order valence-corrected chi connectivity index (χ3v) is 5.55. The van der Waals surface area contributed by atoms with Gasteiger partial charge in [-0.15, -0.1) is 0 Å². The van der Waals surface area contributed by atoms with Crippen molar-refractivity contribution in [3.63, 3.8) is 0 Å². The van der Waals surface area contributed by atoms with Gasteiger partial charge in [-0.2, -0.15) is 0 Å². The summed E-state index contributed by atoms with van der Waals surface area (Å²) in [6, 6.07) is -1.96. The number of nitrogens with zero attached hydrogens (tertiary/aromatic N) is 1. The summed E-state index contributed by atoms with van der Waals surface area (Å²) >= 11 is 0. The zero-order valence-electron chi connectivity index (χ0n) is 17.5. The van der Waals surface area contributed by atoms with E-state index in [0.717, 1.165) is 0 Å². The number of ether oxygens (including phenoxy) is 2. The van der Waals surface area contributed by atoms with Crippen LogP contribution in [0.2, 0.25) is 0 Å². The van der Waals surface area contributed by atoms with Gasteiger partial charge in [0.05, 0.1) is 12.7 Å². The molecule has 2 aliphatic rings. The van der Waals surface area contributed by atoms with Crippen LogP contribution in [0.4, 0.5) is 4.79 Å². The molecule has 0 unspecified atom stereocenters. The van der Waals surface area contributed by atoms with E-state index in [2.05, 4.69) is 19.2 Å². The molecule has 27 heavy (non-hydrogen) atoms. The molecule has 0 bridgehead atoms. The Kier molecular flexibility index (Phi) is 5.29. The quantitative estimate of drug-likeness (QED) is 0.708. The maximum Gasteiger partial charge on any atom is 0.408 e. The van der Waals surface area contributed by atoms with E-state index in [-0.39, 0.29) is 17.3 Å². The van der Waals surface area contributed by atoms with E-state index in [0.29, 0.717) is 6.54 Å². The average molecular weight is 384 g/mol. The molecule has 2 rings (SSSR count). The predicted molar refractivity (Wildman–Crippen MR) is 97.7 cm³/mol. The van der Waals surface area contributed by atoms with Crippen LogP contribution >= 0.6 is 0 Å². The largest absolute Gasteiger partial charge is 0.467 e. The standard InChI is InChI=1S/C19H32N2O6/c1-17(2,3)27-16(24)20-13(19(6,7)25)14(22)21-9-10-11(18(10,4)5)12(21)15(23)26-8/h10-13,25H,9H2,1-8H3,(H,20,24)/t10-,11-,12-,13+/m0/s1. The number of hydrogen-bond acceptors (Lipinski definition) is 6. The zero-order chi connectivity index (χ0) is 20.9. The number of carbonyl (C=O) groups is 3. The minimum absolute atomic E-state index is 0.0119. The van der Waals surface area contributed by atoms with E-state index < -0.39 is 41.3 Å². The first-order chi connectivity index (χ1) is 12.1. The Balaban J connectivity index is 2.23. The smallest absolute Gasteiger partial charge is 0.408 e. The van der Waals surface area contributed by atoms with Gasteiger partial charge in [0.1, 0.15) is 17.7 Å². The van der Waals surface area contributed by atoms with Crippen LogP contribution in [0.3, 0.4) is 0 Å². The van der Waals surface area contributed by atoms with Crippen molar-refractivity contribution in [1.29, 1.82) is 0 Å². The van der Waals surface area contributed by atoms with Gasteiger partial charge in [-0.25, -0.2) is 9.59 Å². The molecule has 8 heteroatoms. The summed E-state index contributed by atoms with van der Waals surface area (Å²) in [6.45, 7) is 12.5. The van der Waals surface area contributed by atoms with Crippen molar-refractivity contribution in [2.24, 2.45) is 17.3 Å². The molecule has 0 aromatic carbocycles. The Morgan fingerprint density at radius 1 is 1.19 bits per heavy atom. The Hall–Kier alpha value is -1.83. The molecule has 1 aliphatic heterocycles. The Labute approximate surface area is 160 Å². The molecule has 0 aromatic heterocycles. The molecule has 1 saturated heterocycles. The molecule has 1 saturated carbocycles. The molecule has 2 amide bonds. The Bertz CT molecular complexity index is 631. The summed E-state index contributed by atoms with van der Waals surface area (Å²) < 4.78 is 10.1. The summed E-state index contributed by atoms with van der Waals surface area (Å²) in [4.78, 5) is 39.1. The normalized spacial score (nSPS) is 27.4. The minimum Gasteiger partial charge on any atom is -0.467 e. The van der Waals surface area contributed by atoms with E-state index in [1.165, 1.54) is 25.9 Å². The van der Waals surface area contributed by atoms with E-state index in [9.17, 15) is 19.5 Å². The van der Waals surface area contributed by atoms with Gasteiger partial charge >= 0.3 is 12.1 Å². The number of esters is 1. The second-order valence-corrected chi connectivity index (χ2v) is 9.65. The van der Waals surface area contributed by atoms with Crippen molar-refractivity contribution in [2.75, 3.05) is 13.7 Å². The molecule has 0 radical (unpaired) electrons. The molecule has 1 aliphatic carbocycles. The van der Waals surface area contributed by atoms with Crippen LogP contribution in [0.1, 0.15) is 48.5 Å². The first-order valence-electron chi connectivity index (χ1n) is 9.21. The fraction of sp³-hybridized carbons (Fsp3) is 0.842. The van der Waals surface area contributed by atoms with Crippen LogP contribution in [0.15, 0.2) is 0 Å². The lowest BCUT2D eigenvalue weighted by atomic mass is 9.95. The van der Waals surface area contributed by atoms with E-state index in [1.807, 2.05) is 0 Å². The topological polar surface area (TPSA) is 105 Å². The molecule has 1 heterocycles. The van der Waals surface area contributed by atoms with Crippen molar-refractivity contribution in [3.8, 4) is 0 Å². The second-order valence-electron chi connectivity index (χ2n) is 9.65. The van der Waals surface area contributed by atoms with Gasteiger partial charge in [-0.05, 0) is 46.0 Å². The molecule has 0 spiro atoms. The fourth-order valence-electron chi connectivity index (χ4n) is 4.03. The number of likely N-dealkylation sites (tertiary alicyclic amines) is 1. The van der Waals surface area contributed by atoms with Gasteiger partial charge in [0, 0.05) is 12.5 Å². The maximum atomic E-state index is 13.2. The number of carbonyl (C=O) groups excluding carboxylic acids is 3. The van der Waals surface area contributed by atoms with E-state index >= 15 is 0 Å². The number of amides is 2. The molecular formula is C19H32N2O6. The summed E-state index contributed by atoms with van der Waals surface area (Å²) in [5, 5.41) is 12.9. The fourth-order valence-corrected chi connectivity index (χ4v) is 4.03. The van der Waals surface area contributed by atoms with Gasteiger partial charge < -0.3 is 24.8 Å². The first-order valence-corrected chi connectivity index (χ1v) is 9.21. The molecule has 0 aromatic rings. The van der Waals surface area contributed by atoms with Crippen molar-refractivity contribution in [1.82, 2.24) is 10.2 Å². The molecule has 154 valence electrons. The van der Waals surface area contributed by atoms with Crippen molar-refractivity contribution < 1.29 is 29.0 Å². The number of rotatable bonds is 4. The summed E-state index contributed by atoms with van der Waals surface area (Å²) in [6.07, 6.45) is -0.803. The predicted octanol–water partition coefficient (Wildman–Crippen LogP) is 1.31. The molecule has 4 atom stereocenters. The van der Waals surface area contributed by atoms with Crippen molar-refractivity contribution >= 4 is 18.0 Å². The Morgan fingerprint density at radius 3 is 2.19 bits per heavy atom. The van der Waals surface area contributed by atoms with Crippen LogP contribution in [0, 0.1) is 17.3 Å². The highest BCUT2D eigenvalue weighted by atomic mass is 16.6. The SMILES string of the molecule is COC(=O)[C@@H]1[C@@H]2[C@H](CN1C(=O)[C@@H](NC(=O)OC(C)(C)C)C(C)(C)O)C2(C)C. The summed E-state index contributed by atoms with van der Waals surface area (Å²) in [5.74, 6) is -0.799. The van der Waals surface area contributed by atoms with Gasteiger partial charge in [-0.1, -0.05) is 13.8 Å². The summed E-state index contributed by atoms with van der Waals surface area (Å²) in [5.41, 5.74) is -2.33. The van der Waals surface area contributed by atoms with Gasteiger partial charge in [0.15, 0.2) is 0 Å². The molecule has 2 N–H and O–H groups in total. The van der Waals surface area contributed by atoms with Crippen molar-refractivity contribution in [2.45, 2.75) is 71.8 Å². The van der Waals surface area contributed by atoms with Crippen LogP contribution in [-0.4, -0.2) is 64.9 Å². The maximum absolute atomic E-state index is 13.2. The lowest BCUT2D eigenvalue weighted by Crippen LogP contribution is -2.61. The van der Waals surface area contributed by atoms with E-state index in [1.54, 1.807) is 20.8 Å². The first kappa shape index (κ1) is 21.5. The van der Waals surface area contributed by atoms with Gasteiger partial charge in [-0.3, -0.25) is 4.79 Å². The van der Waals surface area contributed by atoms with Crippen LogP contribution in [-0.2, 0) is 19.1 Å². The minimum atomic E-state index is -1.54. The highest BCUT2D eigenvalue weighted by molar-refractivity contribution is 5.92. The highest BCUT2D eigenvalue weighted by Gasteiger charge is 2.70. The number of methoxy groups -OCH3 is 1. The monoisotopic (exact) mass is 384 g/mol. The lowest BCUT2D eigenvalue weighted by molar-refractivity contribution is -0.156. The number of aliphatic hydroxyl groups is 1. The molecule has 8 nitrogen and oxygen atoms in total. The lowest BCUT2D eigenvalue weighted by Gasteiger charge is -2.36. The number of hydrogen-bond donors (Lipinski definition) is 2. The van der Waals surface area contributed by atoms with Crippen LogP contribution < -0.4 is 5.32 Å². The third kappa shape index (κ3) is 4.20. The number of fused-ring (bicyclic) bond motifs is 1. The number of nitrogens with one attached hydrogen (secondary N) is 1. The number of piperidine rings is 1. The average Bonchev–Trinajstić information content (AvgIpc) is 2.85. The zero-order valence-corrected chi connectivity index (χ0v) is 17.5.